The average Bonchev–Trinajstić information content (AvgIpc) is 2.62. The zero-order chi connectivity index (χ0) is 16.8. The van der Waals surface area contributed by atoms with Crippen LogP contribution in [0.15, 0.2) is 72.9 Å². The van der Waals surface area contributed by atoms with E-state index < -0.39 is 7.32 Å². The molecule has 0 aliphatic rings. The van der Waals surface area contributed by atoms with E-state index in [-0.39, 0.29) is 0 Å². The molecule has 3 aromatic rings. The number of pyridine rings is 1. The highest BCUT2D eigenvalue weighted by Gasteiger charge is 2.15. The number of aromatic nitrogens is 1. The van der Waals surface area contributed by atoms with Crippen molar-refractivity contribution in [3.8, 4) is 22.8 Å². The fraction of sp³-hybridized carbons (Fsp3) is 0.0556. The lowest BCUT2D eigenvalue weighted by Gasteiger charge is -2.13. The lowest BCUT2D eigenvalue weighted by molar-refractivity contribution is 0.286. The topological polar surface area (TPSA) is 71.8 Å². The Morgan fingerprint density at radius 2 is 1.71 bits per heavy atom. The molecular formula is C18H16BNO4. The Bertz CT molecular complexity index is 782. The quantitative estimate of drug-likeness (QED) is 0.683. The number of hydrogen-bond acceptors (Lipinski definition) is 5. The molecule has 3 rings (SSSR count). The Labute approximate surface area is 140 Å². The number of rotatable bonds is 6. The Hall–Kier alpha value is -2.83. The monoisotopic (exact) mass is 321 g/mol. The van der Waals surface area contributed by atoms with E-state index in [4.69, 9.17) is 19.4 Å². The summed E-state index contributed by atoms with van der Waals surface area (Å²) in [4.78, 5) is 4.32. The van der Waals surface area contributed by atoms with Crippen molar-refractivity contribution in [3.05, 3.63) is 78.5 Å². The van der Waals surface area contributed by atoms with Crippen LogP contribution in [0.5, 0.6) is 11.5 Å². The summed E-state index contributed by atoms with van der Waals surface area (Å²) in [6.07, 6.45) is 1.69. The van der Waals surface area contributed by atoms with Gasteiger partial charge in [0.05, 0.1) is 5.69 Å². The molecule has 1 aromatic heterocycles. The SMILES string of the molecule is OB(O)Oc1ccc(OCc2ccccc2)c(-c2ccccn2)c1. The van der Waals surface area contributed by atoms with Crippen molar-refractivity contribution in [2.45, 2.75) is 6.61 Å². The van der Waals surface area contributed by atoms with E-state index in [0.717, 1.165) is 5.56 Å². The molecule has 0 atom stereocenters. The molecule has 0 fully saturated rings. The maximum atomic E-state index is 8.98. The first-order valence-electron chi connectivity index (χ1n) is 7.47. The third kappa shape index (κ3) is 4.13. The van der Waals surface area contributed by atoms with E-state index in [9.17, 15) is 0 Å². The molecule has 5 nitrogen and oxygen atoms in total. The molecular weight excluding hydrogens is 305 g/mol. The van der Waals surface area contributed by atoms with Crippen LogP contribution in [-0.4, -0.2) is 22.4 Å². The highest BCUT2D eigenvalue weighted by atomic mass is 16.6. The van der Waals surface area contributed by atoms with E-state index in [2.05, 4.69) is 4.98 Å². The Morgan fingerprint density at radius 1 is 0.917 bits per heavy atom. The van der Waals surface area contributed by atoms with Crippen molar-refractivity contribution >= 4 is 7.32 Å². The van der Waals surface area contributed by atoms with Gasteiger partial charge in [0.2, 0.25) is 0 Å². The van der Waals surface area contributed by atoms with Gasteiger partial charge in [-0.2, -0.15) is 0 Å². The third-order valence-electron chi connectivity index (χ3n) is 3.37. The molecule has 2 N–H and O–H groups in total. The zero-order valence-corrected chi connectivity index (χ0v) is 12.9. The molecule has 0 saturated carbocycles. The van der Waals surface area contributed by atoms with Crippen LogP contribution in [0, 0.1) is 0 Å². The van der Waals surface area contributed by atoms with Gasteiger partial charge in [0.15, 0.2) is 0 Å². The molecule has 0 saturated heterocycles. The first-order valence-corrected chi connectivity index (χ1v) is 7.47. The number of benzene rings is 2. The van der Waals surface area contributed by atoms with Crippen LogP contribution in [0.4, 0.5) is 0 Å². The summed E-state index contributed by atoms with van der Waals surface area (Å²) in [6.45, 7) is 0.420. The molecule has 0 spiro atoms. The van der Waals surface area contributed by atoms with Crippen molar-refractivity contribution in [2.75, 3.05) is 0 Å². The lowest BCUT2D eigenvalue weighted by Crippen LogP contribution is -2.20. The molecule has 1 heterocycles. The van der Waals surface area contributed by atoms with Gasteiger partial charge in [-0.25, -0.2) is 0 Å². The van der Waals surface area contributed by atoms with Gasteiger partial charge in [-0.15, -0.1) is 0 Å². The average molecular weight is 321 g/mol. The standard InChI is InChI=1S/C18H16BNO4/c21-19(22)24-15-9-10-18(23-13-14-6-2-1-3-7-14)16(12-15)17-8-4-5-11-20-17/h1-12,21-22H,13H2. The lowest BCUT2D eigenvalue weighted by atomic mass is 10.1. The second-order valence-electron chi connectivity index (χ2n) is 5.09. The molecule has 0 aliphatic carbocycles. The Balaban J connectivity index is 1.89. The zero-order valence-electron chi connectivity index (χ0n) is 12.9. The van der Waals surface area contributed by atoms with E-state index in [1.54, 1.807) is 24.4 Å². The van der Waals surface area contributed by atoms with Gasteiger partial charge < -0.3 is 19.4 Å². The van der Waals surface area contributed by atoms with Crippen molar-refractivity contribution in [1.82, 2.24) is 4.98 Å². The van der Waals surface area contributed by atoms with Gasteiger partial charge >= 0.3 is 7.32 Å². The molecule has 0 radical (unpaired) electrons. The molecule has 120 valence electrons. The van der Waals surface area contributed by atoms with Crippen molar-refractivity contribution in [2.24, 2.45) is 0 Å². The maximum Gasteiger partial charge on any atom is 0.707 e. The largest absolute Gasteiger partial charge is 0.707 e. The van der Waals surface area contributed by atoms with Crippen molar-refractivity contribution < 1.29 is 19.4 Å². The normalized spacial score (nSPS) is 10.2. The number of ether oxygens (including phenoxy) is 1. The van der Waals surface area contributed by atoms with Crippen LogP contribution in [0.3, 0.4) is 0 Å². The van der Waals surface area contributed by atoms with Gasteiger partial charge in [0.25, 0.3) is 0 Å². The minimum Gasteiger partial charge on any atom is -0.512 e. The fourth-order valence-electron chi connectivity index (χ4n) is 2.29. The van der Waals surface area contributed by atoms with Gasteiger partial charge in [-0.1, -0.05) is 36.4 Å². The number of nitrogens with zero attached hydrogens (tertiary/aromatic N) is 1. The highest BCUT2D eigenvalue weighted by Crippen LogP contribution is 2.33. The molecule has 2 aromatic carbocycles. The van der Waals surface area contributed by atoms with E-state index in [0.29, 0.717) is 29.4 Å². The van der Waals surface area contributed by atoms with E-state index in [1.807, 2.05) is 48.5 Å². The van der Waals surface area contributed by atoms with Gasteiger partial charge in [-0.05, 0) is 35.9 Å². The molecule has 24 heavy (non-hydrogen) atoms. The van der Waals surface area contributed by atoms with Gasteiger partial charge in [0, 0.05) is 11.8 Å². The molecule has 6 heteroatoms. The minimum atomic E-state index is -1.88. The van der Waals surface area contributed by atoms with Crippen LogP contribution >= 0.6 is 0 Å². The fourth-order valence-corrected chi connectivity index (χ4v) is 2.29. The Morgan fingerprint density at radius 3 is 2.42 bits per heavy atom. The Kier molecular flexibility index (Phi) is 5.10. The predicted molar refractivity (Wildman–Crippen MR) is 91.3 cm³/mol. The summed E-state index contributed by atoms with van der Waals surface area (Å²) < 4.78 is 10.8. The minimum absolute atomic E-state index is 0.317. The summed E-state index contributed by atoms with van der Waals surface area (Å²) in [5.74, 6) is 0.954. The molecule has 0 bridgehead atoms. The van der Waals surface area contributed by atoms with Crippen LogP contribution in [0.1, 0.15) is 5.56 Å². The molecule has 0 amide bonds. The summed E-state index contributed by atoms with van der Waals surface area (Å²) in [5.41, 5.74) is 2.47. The molecule has 0 unspecified atom stereocenters. The van der Waals surface area contributed by atoms with Gasteiger partial charge in [0.1, 0.15) is 18.1 Å². The molecule has 0 aliphatic heterocycles. The first kappa shape index (κ1) is 16.0. The van der Waals surface area contributed by atoms with Crippen molar-refractivity contribution in [1.29, 1.82) is 0 Å². The second kappa shape index (κ2) is 7.63. The maximum absolute atomic E-state index is 8.98. The highest BCUT2D eigenvalue weighted by molar-refractivity contribution is 6.33. The van der Waals surface area contributed by atoms with Crippen molar-refractivity contribution in [3.63, 3.8) is 0 Å². The van der Waals surface area contributed by atoms with E-state index in [1.165, 1.54) is 0 Å². The van der Waals surface area contributed by atoms with Crippen LogP contribution in [-0.2, 0) is 6.61 Å². The van der Waals surface area contributed by atoms with Crippen LogP contribution in [0.2, 0.25) is 0 Å². The summed E-state index contributed by atoms with van der Waals surface area (Å²) in [7, 11) is -1.88. The van der Waals surface area contributed by atoms with Gasteiger partial charge in [-0.3, -0.25) is 4.98 Å². The van der Waals surface area contributed by atoms with Crippen LogP contribution < -0.4 is 9.39 Å². The predicted octanol–water partition coefficient (Wildman–Crippen LogP) is 2.68. The summed E-state index contributed by atoms with van der Waals surface area (Å²) >= 11 is 0. The van der Waals surface area contributed by atoms with E-state index >= 15 is 0 Å². The second-order valence-corrected chi connectivity index (χ2v) is 5.09. The first-order chi connectivity index (χ1) is 11.7. The summed E-state index contributed by atoms with van der Waals surface area (Å²) in [6, 6.07) is 20.4. The number of hydrogen-bond donors (Lipinski definition) is 2. The third-order valence-corrected chi connectivity index (χ3v) is 3.37. The van der Waals surface area contributed by atoms with Crippen LogP contribution in [0.25, 0.3) is 11.3 Å². The smallest absolute Gasteiger partial charge is 0.512 e. The summed E-state index contributed by atoms with van der Waals surface area (Å²) in [5, 5.41) is 18.0.